The van der Waals surface area contributed by atoms with Gasteiger partial charge in [-0.1, -0.05) is 12.8 Å². The number of anilines is 1. The molecular weight excluding hydrogens is 262 g/mol. The molecule has 1 saturated heterocycles. The van der Waals surface area contributed by atoms with Crippen molar-refractivity contribution in [1.82, 2.24) is 9.88 Å². The van der Waals surface area contributed by atoms with Gasteiger partial charge in [0.05, 0.1) is 6.54 Å². The highest BCUT2D eigenvalue weighted by molar-refractivity contribution is 5.76. The summed E-state index contributed by atoms with van der Waals surface area (Å²) in [5.74, 6) is 1.73. The topological polar surface area (TPSA) is 55.3 Å². The monoisotopic (exact) mass is 285 g/mol. The first-order valence-corrected chi connectivity index (χ1v) is 8.18. The van der Waals surface area contributed by atoms with Crippen molar-refractivity contribution in [2.45, 2.75) is 51.1 Å². The Hall–Kier alpha value is -1.55. The number of hydrogen-bond acceptors (Lipinski definition) is 4. The Balaban J connectivity index is 1.55. The molecule has 0 spiro atoms. The van der Waals surface area contributed by atoms with E-state index in [1.54, 1.807) is 0 Å². The molecule has 4 heteroatoms. The molecule has 2 aliphatic rings. The van der Waals surface area contributed by atoms with Gasteiger partial charge >= 0.3 is 0 Å². The highest BCUT2D eigenvalue weighted by Crippen LogP contribution is 2.36. The van der Waals surface area contributed by atoms with Crippen molar-refractivity contribution in [3.63, 3.8) is 0 Å². The standard InChI is InChI=1S/C17H23N3O/c18-13-7-8-16-14(10-13)19-17(21-16)11-20-9-3-5-12-4-1-2-6-15(12)20/h7-8,10,12,15H,1-6,9,11,18H2/t12-,15-/m1/s1. The number of oxazole rings is 1. The molecule has 2 heterocycles. The van der Waals surface area contributed by atoms with E-state index in [2.05, 4.69) is 9.88 Å². The largest absolute Gasteiger partial charge is 0.439 e. The van der Waals surface area contributed by atoms with Crippen LogP contribution in [0.3, 0.4) is 0 Å². The first kappa shape index (κ1) is 13.1. The van der Waals surface area contributed by atoms with Crippen LogP contribution in [0.2, 0.25) is 0 Å². The van der Waals surface area contributed by atoms with Crippen molar-refractivity contribution in [2.24, 2.45) is 5.92 Å². The average molecular weight is 285 g/mol. The third-order valence-corrected chi connectivity index (χ3v) is 5.15. The van der Waals surface area contributed by atoms with Gasteiger partial charge in [0.1, 0.15) is 5.52 Å². The molecule has 1 aliphatic heterocycles. The number of piperidine rings is 1. The van der Waals surface area contributed by atoms with Gasteiger partial charge in [0.15, 0.2) is 5.58 Å². The average Bonchev–Trinajstić information content (AvgIpc) is 2.89. The van der Waals surface area contributed by atoms with E-state index in [-0.39, 0.29) is 0 Å². The first-order chi connectivity index (χ1) is 10.3. The number of nitrogens with zero attached hydrogens (tertiary/aromatic N) is 2. The quantitative estimate of drug-likeness (QED) is 0.857. The Kier molecular flexibility index (Phi) is 3.34. The van der Waals surface area contributed by atoms with Crippen LogP contribution in [-0.4, -0.2) is 22.5 Å². The summed E-state index contributed by atoms with van der Waals surface area (Å²) in [6.45, 7) is 2.03. The Morgan fingerprint density at radius 1 is 1.19 bits per heavy atom. The highest BCUT2D eigenvalue weighted by Gasteiger charge is 2.33. The van der Waals surface area contributed by atoms with Gasteiger partial charge in [0, 0.05) is 11.7 Å². The summed E-state index contributed by atoms with van der Waals surface area (Å²) in [6.07, 6.45) is 8.27. The second-order valence-corrected chi connectivity index (χ2v) is 6.56. The molecule has 112 valence electrons. The van der Waals surface area contributed by atoms with Crippen LogP contribution < -0.4 is 5.73 Å². The molecule has 0 bridgehead atoms. The van der Waals surface area contributed by atoms with Crippen LogP contribution in [0.4, 0.5) is 5.69 Å². The van der Waals surface area contributed by atoms with Gasteiger partial charge in [-0.15, -0.1) is 0 Å². The fourth-order valence-electron chi connectivity index (χ4n) is 4.16. The molecule has 1 aliphatic carbocycles. The summed E-state index contributed by atoms with van der Waals surface area (Å²) in [5, 5.41) is 0. The van der Waals surface area contributed by atoms with Crippen molar-refractivity contribution in [3.8, 4) is 0 Å². The van der Waals surface area contributed by atoms with E-state index in [0.29, 0.717) is 0 Å². The summed E-state index contributed by atoms with van der Waals surface area (Å²) in [7, 11) is 0. The second kappa shape index (κ2) is 5.34. The second-order valence-electron chi connectivity index (χ2n) is 6.56. The van der Waals surface area contributed by atoms with Crippen molar-refractivity contribution >= 4 is 16.8 Å². The molecule has 1 aromatic carbocycles. The fraction of sp³-hybridized carbons (Fsp3) is 0.588. The molecule has 0 unspecified atom stereocenters. The lowest BCUT2D eigenvalue weighted by Gasteiger charge is -2.43. The molecule has 2 aromatic rings. The molecule has 2 N–H and O–H groups in total. The fourth-order valence-corrected chi connectivity index (χ4v) is 4.16. The Labute approximate surface area is 125 Å². The molecule has 2 atom stereocenters. The summed E-state index contributed by atoms with van der Waals surface area (Å²) in [6, 6.07) is 6.42. The smallest absolute Gasteiger partial charge is 0.209 e. The molecule has 1 saturated carbocycles. The van der Waals surface area contributed by atoms with E-state index in [1.807, 2.05) is 18.2 Å². The summed E-state index contributed by atoms with van der Waals surface area (Å²) in [4.78, 5) is 7.22. The van der Waals surface area contributed by atoms with E-state index in [4.69, 9.17) is 10.2 Å². The van der Waals surface area contributed by atoms with Gasteiger partial charge in [-0.2, -0.15) is 0 Å². The van der Waals surface area contributed by atoms with Crippen LogP contribution in [-0.2, 0) is 6.54 Å². The molecule has 0 radical (unpaired) electrons. The minimum Gasteiger partial charge on any atom is -0.439 e. The van der Waals surface area contributed by atoms with Crippen LogP contribution in [0.5, 0.6) is 0 Å². The molecular formula is C17H23N3O. The van der Waals surface area contributed by atoms with E-state index in [9.17, 15) is 0 Å². The zero-order valence-electron chi connectivity index (χ0n) is 12.4. The predicted molar refractivity (Wildman–Crippen MR) is 83.8 cm³/mol. The Morgan fingerprint density at radius 2 is 2.05 bits per heavy atom. The van der Waals surface area contributed by atoms with E-state index >= 15 is 0 Å². The number of aromatic nitrogens is 1. The number of fused-ring (bicyclic) bond motifs is 2. The zero-order chi connectivity index (χ0) is 14.2. The summed E-state index contributed by atoms with van der Waals surface area (Å²) >= 11 is 0. The van der Waals surface area contributed by atoms with Gasteiger partial charge < -0.3 is 10.2 Å². The van der Waals surface area contributed by atoms with Crippen LogP contribution in [0.25, 0.3) is 11.1 Å². The lowest BCUT2D eigenvalue weighted by atomic mass is 9.78. The number of nitrogen functional groups attached to an aromatic ring is 1. The zero-order valence-corrected chi connectivity index (χ0v) is 12.4. The lowest BCUT2D eigenvalue weighted by molar-refractivity contribution is 0.0486. The van der Waals surface area contributed by atoms with Crippen LogP contribution in [0.1, 0.15) is 44.4 Å². The maximum Gasteiger partial charge on any atom is 0.209 e. The van der Waals surface area contributed by atoms with Gasteiger partial charge in [0.2, 0.25) is 5.89 Å². The number of nitrogens with two attached hydrogens (primary N) is 1. The van der Waals surface area contributed by atoms with Crippen molar-refractivity contribution < 1.29 is 4.42 Å². The molecule has 0 amide bonds. The molecule has 4 nitrogen and oxygen atoms in total. The molecule has 2 fully saturated rings. The van der Waals surface area contributed by atoms with Gasteiger partial charge in [-0.3, -0.25) is 4.90 Å². The Bertz CT molecular complexity index is 634. The number of benzene rings is 1. The van der Waals surface area contributed by atoms with Gasteiger partial charge in [-0.25, -0.2) is 4.98 Å². The van der Waals surface area contributed by atoms with E-state index < -0.39 is 0 Å². The minimum absolute atomic E-state index is 0.743. The van der Waals surface area contributed by atoms with Gasteiger partial charge in [-0.05, 0) is 56.3 Å². The maximum atomic E-state index is 5.90. The van der Waals surface area contributed by atoms with Gasteiger partial charge in [0.25, 0.3) is 0 Å². The summed E-state index contributed by atoms with van der Waals surface area (Å²) in [5.41, 5.74) is 8.28. The number of likely N-dealkylation sites (tertiary alicyclic amines) is 1. The van der Waals surface area contributed by atoms with E-state index in [1.165, 1.54) is 45.1 Å². The molecule has 4 rings (SSSR count). The van der Waals surface area contributed by atoms with Crippen LogP contribution >= 0.6 is 0 Å². The van der Waals surface area contributed by atoms with E-state index in [0.717, 1.165) is 41.2 Å². The van der Waals surface area contributed by atoms with Crippen molar-refractivity contribution in [1.29, 1.82) is 0 Å². The third kappa shape index (κ3) is 2.53. The lowest BCUT2D eigenvalue weighted by Crippen LogP contribution is -2.46. The van der Waals surface area contributed by atoms with Crippen LogP contribution in [0.15, 0.2) is 22.6 Å². The number of hydrogen-bond donors (Lipinski definition) is 1. The first-order valence-electron chi connectivity index (χ1n) is 8.18. The van der Waals surface area contributed by atoms with Crippen molar-refractivity contribution in [3.05, 3.63) is 24.1 Å². The molecule has 21 heavy (non-hydrogen) atoms. The maximum absolute atomic E-state index is 5.90. The number of rotatable bonds is 2. The predicted octanol–water partition coefficient (Wildman–Crippen LogP) is 3.56. The SMILES string of the molecule is Nc1ccc2oc(CN3CCC[C@H]4CCCC[C@H]43)nc2c1. The summed E-state index contributed by atoms with van der Waals surface area (Å²) < 4.78 is 5.90. The van der Waals surface area contributed by atoms with Crippen LogP contribution in [0, 0.1) is 5.92 Å². The van der Waals surface area contributed by atoms with Crippen molar-refractivity contribution in [2.75, 3.05) is 12.3 Å². The molecule has 1 aromatic heterocycles. The minimum atomic E-state index is 0.743. The third-order valence-electron chi connectivity index (χ3n) is 5.15. The Morgan fingerprint density at radius 3 is 3.00 bits per heavy atom. The normalized spacial score (nSPS) is 26.9. The highest BCUT2D eigenvalue weighted by atomic mass is 16.3.